The van der Waals surface area contributed by atoms with Gasteiger partial charge in [0.05, 0.1) is 26.8 Å². The molecule has 14 heteroatoms. The number of hydrazone groups is 1. The van der Waals surface area contributed by atoms with Gasteiger partial charge < -0.3 is 20.1 Å². The molecule has 2 aromatic carbocycles. The first kappa shape index (κ1) is 37.6. The van der Waals surface area contributed by atoms with E-state index in [4.69, 9.17) is 9.47 Å². The van der Waals surface area contributed by atoms with Crippen molar-refractivity contribution in [3.63, 3.8) is 0 Å². The van der Waals surface area contributed by atoms with Crippen LogP contribution in [0.25, 0.3) is 11.1 Å². The Balaban J connectivity index is 1.66. The average molecular weight is 703 g/mol. The number of esters is 1. The van der Waals surface area contributed by atoms with Gasteiger partial charge in [0.2, 0.25) is 9.84 Å². The molecule has 0 saturated carbocycles. The molecule has 1 aromatic heterocycles. The molecule has 0 aliphatic heterocycles. The Hall–Kier alpha value is -3.88. The molecule has 47 heavy (non-hydrogen) atoms. The third-order valence-corrected chi connectivity index (χ3v) is 10.7. The Morgan fingerprint density at radius 3 is 2.49 bits per heavy atom. The number of nitrogens with one attached hydrogen (secondary N) is 3. The first-order valence-corrected chi connectivity index (χ1v) is 18.6. The summed E-state index contributed by atoms with van der Waals surface area (Å²) in [5, 5.41) is 9.55. The highest BCUT2D eigenvalue weighted by atomic mass is 32.2. The molecule has 3 rings (SSSR count). The summed E-state index contributed by atoms with van der Waals surface area (Å²) in [4.78, 5) is 36.5. The van der Waals surface area contributed by atoms with E-state index >= 15 is 0 Å². The van der Waals surface area contributed by atoms with E-state index in [1.807, 2.05) is 25.1 Å². The number of carbonyl (C=O) groups is 3. The molecule has 3 N–H and O–H groups in total. The highest BCUT2D eigenvalue weighted by Crippen LogP contribution is 2.37. The molecule has 0 spiro atoms. The van der Waals surface area contributed by atoms with Crippen LogP contribution in [0.2, 0.25) is 0 Å². The number of thiophene rings is 1. The van der Waals surface area contributed by atoms with E-state index in [0.717, 1.165) is 24.0 Å². The summed E-state index contributed by atoms with van der Waals surface area (Å²) in [7, 11) is -3.89. The predicted molar refractivity (Wildman–Crippen MR) is 187 cm³/mol. The summed E-state index contributed by atoms with van der Waals surface area (Å²) in [5.74, 6) is -0.204. The fourth-order valence-corrected chi connectivity index (χ4v) is 8.36. The summed E-state index contributed by atoms with van der Waals surface area (Å²) in [6.07, 6.45) is 5.11. The maximum Gasteiger partial charge on any atom is 0.428 e. The van der Waals surface area contributed by atoms with Crippen LogP contribution in [0.5, 0.6) is 0 Å². The largest absolute Gasteiger partial charge is 0.466 e. The molecule has 3 aromatic rings. The fraction of sp³-hybridized carbons (Fsp3) is 0.394. The van der Waals surface area contributed by atoms with Crippen molar-refractivity contribution in [1.29, 1.82) is 0 Å². The number of anilines is 1. The van der Waals surface area contributed by atoms with E-state index in [0.29, 0.717) is 46.3 Å². The van der Waals surface area contributed by atoms with Gasteiger partial charge in [0, 0.05) is 23.5 Å². The molecule has 0 atom stereocenters. The van der Waals surface area contributed by atoms with Crippen molar-refractivity contribution in [2.24, 2.45) is 5.10 Å². The molecule has 0 bridgehead atoms. The number of benzene rings is 2. The Bertz CT molecular complexity index is 1700. The molecule has 254 valence electrons. The van der Waals surface area contributed by atoms with Gasteiger partial charge in [-0.05, 0) is 101 Å². The van der Waals surface area contributed by atoms with Crippen molar-refractivity contribution in [2.75, 3.05) is 24.7 Å². The van der Waals surface area contributed by atoms with Gasteiger partial charge in [0.15, 0.2) is 0 Å². The maximum atomic E-state index is 13.8. The number of sulfone groups is 1. The van der Waals surface area contributed by atoms with Gasteiger partial charge in [-0.2, -0.15) is 5.10 Å². The number of aryl methyl sites for hydroxylation is 1. The van der Waals surface area contributed by atoms with Gasteiger partial charge in [0.25, 0.3) is 0 Å². The second kappa shape index (κ2) is 17.3. The smallest absolute Gasteiger partial charge is 0.428 e. The molecular weight excluding hydrogens is 661 g/mol. The van der Waals surface area contributed by atoms with Crippen LogP contribution < -0.4 is 16.1 Å². The lowest BCUT2D eigenvalue weighted by Crippen LogP contribution is -2.29. The number of rotatable bonds is 14. The van der Waals surface area contributed by atoms with Gasteiger partial charge in [-0.1, -0.05) is 24.6 Å². The van der Waals surface area contributed by atoms with Crippen LogP contribution in [0.1, 0.15) is 63.8 Å². The zero-order chi connectivity index (χ0) is 34.6. The zero-order valence-corrected chi connectivity index (χ0v) is 29.9. The standard InChI is InChI=1S/C33H42N4O7S3/c1-7-43-29(38)14-9-8-10-17-34-31(39)36-24-15-16-27(22(2)18-24)23-12-11-13-26(19-23)47(41,42)28-20-25(46-30(28)45-6)21-35-37-32(40)44-33(3,4)5/h11-13,15-16,18-21H,7-10,14,17H2,1-6H3,(H,37,40)(H2,34,36,39). The van der Waals surface area contributed by atoms with E-state index in [1.54, 1.807) is 64.3 Å². The maximum absolute atomic E-state index is 13.8. The predicted octanol–water partition coefficient (Wildman–Crippen LogP) is 7.38. The number of hydrogen-bond donors (Lipinski definition) is 3. The Morgan fingerprint density at radius 1 is 1.04 bits per heavy atom. The van der Waals surface area contributed by atoms with Crippen molar-refractivity contribution < 1.29 is 32.3 Å². The van der Waals surface area contributed by atoms with Crippen LogP contribution in [-0.4, -0.2) is 57.7 Å². The van der Waals surface area contributed by atoms with Crippen LogP contribution in [-0.2, 0) is 24.1 Å². The number of hydrogen-bond acceptors (Lipinski definition) is 10. The van der Waals surface area contributed by atoms with Crippen molar-refractivity contribution in [1.82, 2.24) is 10.7 Å². The van der Waals surface area contributed by atoms with Crippen LogP contribution in [0.15, 0.2) is 67.6 Å². The molecule has 1 heterocycles. The lowest BCUT2D eigenvalue weighted by atomic mass is 10.00. The molecular formula is C33H42N4O7S3. The molecule has 3 amide bonds. The van der Waals surface area contributed by atoms with Gasteiger partial charge in [-0.15, -0.1) is 23.1 Å². The summed E-state index contributed by atoms with van der Waals surface area (Å²) in [6, 6.07) is 13.4. The number of ether oxygens (including phenoxy) is 2. The molecule has 0 fully saturated rings. The first-order chi connectivity index (χ1) is 22.2. The molecule has 0 aliphatic carbocycles. The van der Waals surface area contributed by atoms with Crippen molar-refractivity contribution in [3.8, 4) is 11.1 Å². The molecule has 11 nitrogen and oxygen atoms in total. The number of thioether (sulfide) groups is 1. The quantitative estimate of drug-likeness (QED) is 0.0517. The topological polar surface area (TPSA) is 152 Å². The second-order valence-corrected chi connectivity index (χ2v) is 15.5. The lowest BCUT2D eigenvalue weighted by Gasteiger charge is -2.18. The van der Waals surface area contributed by atoms with Crippen LogP contribution in [0.4, 0.5) is 15.3 Å². The third kappa shape index (κ3) is 11.7. The number of unbranched alkanes of at least 4 members (excludes halogenated alkanes) is 2. The van der Waals surface area contributed by atoms with Crippen molar-refractivity contribution in [3.05, 3.63) is 59.0 Å². The summed E-state index contributed by atoms with van der Waals surface area (Å²) < 4.78 is 38.3. The monoisotopic (exact) mass is 702 g/mol. The fourth-order valence-electron chi connectivity index (χ4n) is 4.42. The highest BCUT2D eigenvalue weighted by molar-refractivity contribution is 8.01. The van der Waals surface area contributed by atoms with E-state index in [-0.39, 0.29) is 21.8 Å². The molecule has 0 saturated heterocycles. The SMILES string of the molecule is CCOC(=O)CCCCCNC(=O)Nc1ccc(-c2cccc(S(=O)(=O)c3cc(C=NNC(=O)OC(C)(C)C)sc3SC)c2)c(C)c1. The Labute approximate surface area is 284 Å². The summed E-state index contributed by atoms with van der Waals surface area (Å²) >= 11 is 2.57. The van der Waals surface area contributed by atoms with Crippen LogP contribution in [0.3, 0.4) is 0 Å². The number of amides is 3. The highest BCUT2D eigenvalue weighted by Gasteiger charge is 2.25. The van der Waals surface area contributed by atoms with E-state index in [2.05, 4.69) is 21.2 Å². The molecule has 0 aliphatic rings. The van der Waals surface area contributed by atoms with Gasteiger partial charge >= 0.3 is 18.1 Å². The number of carbonyl (C=O) groups excluding carboxylic acids is 3. The second-order valence-electron chi connectivity index (χ2n) is 11.4. The molecule has 0 unspecified atom stereocenters. The van der Waals surface area contributed by atoms with Crippen molar-refractivity contribution in [2.45, 2.75) is 79.9 Å². The number of nitrogens with zero attached hydrogens (tertiary/aromatic N) is 1. The van der Waals surface area contributed by atoms with E-state index < -0.39 is 21.5 Å². The van der Waals surface area contributed by atoms with E-state index in [1.165, 1.54) is 29.3 Å². The first-order valence-electron chi connectivity index (χ1n) is 15.1. The van der Waals surface area contributed by atoms with Gasteiger partial charge in [0.1, 0.15) is 5.60 Å². The minimum Gasteiger partial charge on any atom is -0.466 e. The third-order valence-electron chi connectivity index (χ3n) is 6.49. The van der Waals surface area contributed by atoms with Gasteiger partial charge in [-0.25, -0.2) is 23.4 Å². The summed E-state index contributed by atoms with van der Waals surface area (Å²) in [5.41, 5.74) is 4.62. The minimum atomic E-state index is -3.89. The average Bonchev–Trinajstić information content (AvgIpc) is 3.42. The lowest BCUT2D eigenvalue weighted by molar-refractivity contribution is -0.143. The van der Waals surface area contributed by atoms with E-state index in [9.17, 15) is 22.8 Å². The Kier molecular flexibility index (Phi) is 13.8. The van der Waals surface area contributed by atoms with Crippen LogP contribution >= 0.6 is 23.1 Å². The van der Waals surface area contributed by atoms with Gasteiger partial charge in [-0.3, -0.25) is 4.79 Å². The van der Waals surface area contributed by atoms with Crippen LogP contribution in [0, 0.1) is 6.92 Å². The Morgan fingerprint density at radius 2 is 1.81 bits per heavy atom. The number of urea groups is 1. The summed E-state index contributed by atoms with van der Waals surface area (Å²) in [6.45, 7) is 9.75. The van der Waals surface area contributed by atoms with Crippen molar-refractivity contribution >= 4 is 62.9 Å². The normalized spacial score (nSPS) is 11.7. The minimum absolute atomic E-state index is 0.140. The zero-order valence-electron chi connectivity index (χ0n) is 27.5. The molecule has 0 radical (unpaired) electrons.